The molecule has 186 valence electrons. The smallest absolute Gasteiger partial charge is 0.425 e. The summed E-state index contributed by atoms with van der Waals surface area (Å²) in [6, 6.07) is -0.641. The van der Waals surface area contributed by atoms with E-state index in [1.54, 1.807) is 13.8 Å². The Morgan fingerprint density at radius 1 is 1.09 bits per heavy atom. The van der Waals surface area contributed by atoms with Crippen LogP contribution in [0.4, 0.5) is 23.0 Å². The molecule has 2 amide bonds. The number of ether oxygens (including phenoxy) is 1. The van der Waals surface area contributed by atoms with E-state index in [0.29, 0.717) is 40.5 Å². The first-order chi connectivity index (χ1) is 16.0. The molecule has 2 N–H and O–H groups in total. The summed E-state index contributed by atoms with van der Waals surface area (Å²) in [4.78, 5) is 28.6. The lowest BCUT2D eigenvalue weighted by Crippen LogP contribution is -2.31. The minimum atomic E-state index is -4.48. The molecule has 3 heterocycles. The predicted molar refractivity (Wildman–Crippen MR) is 127 cm³/mol. The number of esters is 1. The molecule has 0 saturated heterocycles. The van der Waals surface area contributed by atoms with E-state index in [4.69, 9.17) is 4.74 Å². The molecule has 34 heavy (non-hydrogen) atoms. The molecule has 2 aliphatic rings. The molecular formula is C23H28F3N3O3S2. The third-order valence-corrected chi connectivity index (χ3v) is 8.50. The van der Waals surface area contributed by atoms with Crippen LogP contribution in [0.15, 0.2) is 0 Å². The third-order valence-electron chi connectivity index (χ3n) is 5.99. The molecule has 0 radical (unpaired) electrons. The van der Waals surface area contributed by atoms with Gasteiger partial charge in [-0.3, -0.25) is 5.32 Å². The van der Waals surface area contributed by atoms with Gasteiger partial charge in [-0.15, -0.1) is 22.7 Å². The minimum Gasteiger partial charge on any atom is -0.459 e. The number of fused-ring (bicyclic) bond motifs is 2. The minimum absolute atomic E-state index is 0.140. The molecule has 2 aromatic heterocycles. The van der Waals surface area contributed by atoms with E-state index in [2.05, 4.69) is 10.6 Å². The van der Waals surface area contributed by atoms with Gasteiger partial charge in [0, 0.05) is 29.4 Å². The first-order valence-electron chi connectivity index (χ1n) is 11.3. The van der Waals surface area contributed by atoms with Crippen molar-refractivity contribution in [3.05, 3.63) is 36.9 Å². The molecule has 0 aromatic carbocycles. The predicted octanol–water partition coefficient (Wildman–Crippen LogP) is 5.58. The van der Waals surface area contributed by atoms with Crippen LogP contribution in [-0.4, -0.2) is 36.6 Å². The van der Waals surface area contributed by atoms with Crippen molar-refractivity contribution in [2.75, 3.05) is 18.9 Å². The number of carbonyl (C=O) groups excluding carboxylic acids is 2. The highest BCUT2D eigenvalue weighted by atomic mass is 32.1. The van der Waals surface area contributed by atoms with Gasteiger partial charge < -0.3 is 15.0 Å². The number of likely N-dealkylation sites (N-methyl/N-ethyl adjacent to an activating group) is 1. The summed E-state index contributed by atoms with van der Waals surface area (Å²) in [5.74, 6) is -0.486. The summed E-state index contributed by atoms with van der Waals surface area (Å²) >= 11 is 2.10. The second-order valence-electron chi connectivity index (χ2n) is 8.97. The summed E-state index contributed by atoms with van der Waals surface area (Å²) in [6.45, 7) is 4.43. The van der Waals surface area contributed by atoms with Crippen LogP contribution < -0.4 is 10.6 Å². The highest BCUT2D eigenvalue weighted by Gasteiger charge is 2.39. The van der Waals surface area contributed by atoms with Crippen LogP contribution in [0.1, 0.15) is 68.4 Å². The van der Waals surface area contributed by atoms with Gasteiger partial charge in [0.2, 0.25) is 0 Å². The van der Waals surface area contributed by atoms with Crippen molar-refractivity contribution in [3.8, 4) is 0 Å². The van der Waals surface area contributed by atoms with Crippen LogP contribution >= 0.6 is 22.7 Å². The van der Waals surface area contributed by atoms with E-state index in [-0.39, 0.29) is 18.2 Å². The monoisotopic (exact) mass is 515 g/mol. The van der Waals surface area contributed by atoms with E-state index in [9.17, 15) is 22.8 Å². The van der Waals surface area contributed by atoms with Gasteiger partial charge in [-0.05, 0) is 69.7 Å². The summed E-state index contributed by atoms with van der Waals surface area (Å²) < 4.78 is 46.5. The third kappa shape index (κ3) is 5.26. The Morgan fingerprint density at radius 2 is 1.82 bits per heavy atom. The number of halogens is 3. The van der Waals surface area contributed by atoms with E-state index >= 15 is 0 Å². The maximum Gasteiger partial charge on any atom is 0.425 e. The van der Waals surface area contributed by atoms with Crippen molar-refractivity contribution in [3.63, 3.8) is 0 Å². The van der Waals surface area contributed by atoms with Crippen molar-refractivity contribution in [1.82, 2.24) is 10.2 Å². The zero-order valence-corrected chi connectivity index (χ0v) is 21.0. The number of alkyl halides is 3. The van der Waals surface area contributed by atoms with E-state index in [0.717, 1.165) is 47.5 Å². The number of rotatable bonds is 5. The molecule has 4 rings (SSSR count). The summed E-state index contributed by atoms with van der Waals surface area (Å²) in [7, 11) is 1.88. The van der Waals surface area contributed by atoms with Crippen LogP contribution in [0, 0.1) is 0 Å². The van der Waals surface area contributed by atoms with Crippen molar-refractivity contribution < 1.29 is 27.5 Å². The fourth-order valence-electron chi connectivity index (χ4n) is 4.47. The number of nitrogens with one attached hydrogen (secondary N) is 2. The number of hydrogen-bond acceptors (Lipinski definition) is 6. The van der Waals surface area contributed by atoms with Gasteiger partial charge in [-0.2, -0.15) is 13.2 Å². The van der Waals surface area contributed by atoms with Crippen LogP contribution in [0.2, 0.25) is 0 Å². The molecule has 0 spiro atoms. The standard InChI is InChI=1S/C23H28F3N3O3S2/c1-12(2)32-21(30)18-14-6-4-5-7-16(14)34-20(18)28-22(31)27-10-15-13-8-9-29(3)11-17(13)33-19(15)23(24,25)26/h12H,4-11H2,1-3H3,(H2,27,28,31). The normalized spacial score (nSPS) is 16.2. The van der Waals surface area contributed by atoms with E-state index < -0.39 is 23.1 Å². The van der Waals surface area contributed by atoms with Crippen LogP contribution in [0.3, 0.4) is 0 Å². The van der Waals surface area contributed by atoms with E-state index in [1.807, 2.05) is 11.9 Å². The number of amides is 2. The van der Waals surface area contributed by atoms with Crippen LogP contribution in [-0.2, 0) is 43.3 Å². The first-order valence-corrected chi connectivity index (χ1v) is 13.0. The maximum atomic E-state index is 13.7. The molecule has 0 unspecified atom stereocenters. The Morgan fingerprint density at radius 3 is 2.53 bits per heavy atom. The molecular weight excluding hydrogens is 487 g/mol. The number of anilines is 1. The number of nitrogens with zero attached hydrogens (tertiary/aromatic N) is 1. The van der Waals surface area contributed by atoms with Gasteiger partial charge in [0.25, 0.3) is 0 Å². The lowest BCUT2D eigenvalue weighted by Gasteiger charge is -2.23. The fourth-order valence-corrected chi connectivity index (χ4v) is 7.06. The Balaban J connectivity index is 1.54. The number of carbonyl (C=O) groups is 2. The largest absolute Gasteiger partial charge is 0.459 e. The highest BCUT2D eigenvalue weighted by molar-refractivity contribution is 7.17. The summed E-state index contributed by atoms with van der Waals surface area (Å²) in [6.07, 6.45) is -0.739. The Hall–Kier alpha value is -2.11. The molecule has 0 saturated carbocycles. The average Bonchev–Trinajstić information content (AvgIpc) is 3.29. The first kappa shape index (κ1) is 25.0. The van der Waals surface area contributed by atoms with Gasteiger partial charge in [0.15, 0.2) is 0 Å². The number of thiophene rings is 2. The number of urea groups is 1. The Bertz CT molecular complexity index is 1090. The summed E-state index contributed by atoms with van der Waals surface area (Å²) in [5.41, 5.74) is 2.10. The molecule has 0 bridgehead atoms. The lowest BCUT2D eigenvalue weighted by molar-refractivity contribution is -0.135. The lowest BCUT2D eigenvalue weighted by atomic mass is 9.95. The van der Waals surface area contributed by atoms with E-state index in [1.165, 1.54) is 11.3 Å². The van der Waals surface area contributed by atoms with Crippen molar-refractivity contribution in [2.24, 2.45) is 0 Å². The Labute approximate surface area is 204 Å². The van der Waals surface area contributed by atoms with Crippen LogP contribution in [0.25, 0.3) is 0 Å². The molecule has 2 aromatic rings. The molecule has 0 fully saturated rings. The molecule has 6 nitrogen and oxygen atoms in total. The van der Waals surface area contributed by atoms with Crippen molar-refractivity contribution >= 4 is 39.7 Å². The fraction of sp³-hybridized carbons (Fsp3) is 0.565. The molecule has 11 heteroatoms. The Kier molecular flexibility index (Phi) is 7.25. The second kappa shape index (κ2) is 9.87. The zero-order chi connectivity index (χ0) is 24.6. The van der Waals surface area contributed by atoms with Gasteiger partial charge in [-0.1, -0.05) is 0 Å². The molecule has 1 aliphatic carbocycles. The number of aryl methyl sites for hydroxylation is 1. The number of hydrogen-bond donors (Lipinski definition) is 2. The summed E-state index contributed by atoms with van der Waals surface area (Å²) in [5, 5.41) is 5.69. The second-order valence-corrected chi connectivity index (χ2v) is 11.2. The maximum absolute atomic E-state index is 13.7. The van der Waals surface area contributed by atoms with Crippen LogP contribution in [0.5, 0.6) is 0 Å². The van der Waals surface area contributed by atoms with Gasteiger partial charge >= 0.3 is 18.2 Å². The quantitative estimate of drug-likeness (QED) is 0.510. The molecule has 0 atom stereocenters. The zero-order valence-electron chi connectivity index (χ0n) is 19.4. The SMILES string of the molecule is CC(C)OC(=O)c1c(NC(=O)NCc2c(C(F)(F)F)sc3c2CCN(C)C3)sc2c1CCCC2. The molecule has 1 aliphatic heterocycles. The average molecular weight is 516 g/mol. The highest BCUT2D eigenvalue weighted by Crippen LogP contribution is 2.43. The van der Waals surface area contributed by atoms with Gasteiger partial charge in [0.1, 0.15) is 9.88 Å². The van der Waals surface area contributed by atoms with Crippen molar-refractivity contribution in [1.29, 1.82) is 0 Å². The van der Waals surface area contributed by atoms with Gasteiger partial charge in [0.05, 0.1) is 11.7 Å². The van der Waals surface area contributed by atoms with Crippen molar-refractivity contribution in [2.45, 2.75) is 71.3 Å². The van der Waals surface area contributed by atoms with Gasteiger partial charge in [-0.25, -0.2) is 9.59 Å². The topological polar surface area (TPSA) is 70.7 Å².